The normalized spacial score (nSPS) is 14.1. The fourth-order valence-electron chi connectivity index (χ4n) is 4.36. The predicted molar refractivity (Wildman–Crippen MR) is 135 cm³/mol. The maximum Gasteiger partial charge on any atom is 0.335 e. The van der Waals surface area contributed by atoms with E-state index in [1.807, 2.05) is 42.5 Å². The van der Waals surface area contributed by atoms with Crippen LogP contribution in [0.5, 0.6) is 0 Å². The first-order chi connectivity index (χ1) is 16.9. The zero-order valence-corrected chi connectivity index (χ0v) is 19.2. The lowest BCUT2D eigenvalue weighted by atomic mass is 9.90. The van der Waals surface area contributed by atoms with Crippen LogP contribution in [-0.4, -0.2) is 17.0 Å². The summed E-state index contributed by atoms with van der Waals surface area (Å²) >= 11 is 6.12. The van der Waals surface area contributed by atoms with Crippen LogP contribution in [0.3, 0.4) is 0 Å². The summed E-state index contributed by atoms with van der Waals surface area (Å²) in [5.74, 6) is -1.81. The Kier molecular flexibility index (Phi) is 5.93. The maximum absolute atomic E-state index is 14.3. The molecule has 4 nitrogen and oxygen atoms in total. The molecule has 4 aromatic carbocycles. The first kappa shape index (κ1) is 22.6. The highest BCUT2D eigenvalue weighted by Crippen LogP contribution is 2.44. The second-order valence-corrected chi connectivity index (χ2v) is 8.62. The van der Waals surface area contributed by atoms with E-state index in [-0.39, 0.29) is 18.0 Å². The highest BCUT2D eigenvalue weighted by Gasteiger charge is 2.35. The predicted octanol–water partition coefficient (Wildman–Crippen LogP) is 6.68. The highest BCUT2D eigenvalue weighted by molar-refractivity contribution is 6.39. The Hall–Kier alpha value is -4.22. The molecule has 0 bridgehead atoms. The number of nitrogens with zero attached hydrogens (tertiary/aromatic N) is 1. The van der Waals surface area contributed by atoms with E-state index in [0.717, 1.165) is 11.1 Å². The van der Waals surface area contributed by atoms with Gasteiger partial charge in [0.05, 0.1) is 23.4 Å². The van der Waals surface area contributed by atoms with Crippen LogP contribution in [-0.2, 0) is 11.3 Å². The smallest absolute Gasteiger partial charge is 0.335 e. The molecule has 0 saturated carbocycles. The SMILES string of the molecule is O=C(O)c1cccc(CN2C(=O)C(=C(c3ccccc3)c3ccc(Cl)cc3)c3ccc(F)cc32)c1. The molecular weight excluding hydrogens is 465 g/mol. The van der Waals surface area contributed by atoms with Crippen LogP contribution in [0.2, 0.25) is 5.02 Å². The second kappa shape index (κ2) is 9.20. The molecule has 0 aromatic heterocycles. The van der Waals surface area contributed by atoms with E-state index in [9.17, 15) is 19.1 Å². The number of fused-ring (bicyclic) bond motifs is 1. The topological polar surface area (TPSA) is 57.6 Å². The molecule has 1 aliphatic heterocycles. The van der Waals surface area contributed by atoms with Gasteiger partial charge in [-0.05, 0) is 59.2 Å². The van der Waals surface area contributed by atoms with Gasteiger partial charge in [-0.2, -0.15) is 0 Å². The van der Waals surface area contributed by atoms with Gasteiger partial charge in [0.1, 0.15) is 5.82 Å². The van der Waals surface area contributed by atoms with E-state index in [0.29, 0.717) is 33.0 Å². The lowest BCUT2D eigenvalue weighted by Crippen LogP contribution is -2.26. The Balaban J connectivity index is 1.71. The van der Waals surface area contributed by atoms with Crippen LogP contribution in [0.25, 0.3) is 11.1 Å². The Morgan fingerprint density at radius 3 is 2.23 bits per heavy atom. The fraction of sp³-hybridized carbons (Fsp3) is 0.0345. The number of halogens is 2. The number of aromatic carboxylic acids is 1. The van der Waals surface area contributed by atoms with Crippen LogP contribution in [0.1, 0.15) is 32.6 Å². The summed E-state index contributed by atoms with van der Waals surface area (Å²) in [5, 5.41) is 9.93. The van der Waals surface area contributed by atoms with E-state index in [4.69, 9.17) is 11.6 Å². The Morgan fingerprint density at radius 2 is 1.51 bits per heavy atom. The Morgan fingerprint density at radius 1 is 0.829 bits per heavy atom. The molecule has 1 N–H and O–H groups in total. The minimum absolute atomic E-state index is 0.0998. The van der Waals surface area contributed by atoms with Crippen molar-refractivity contribution in [1.82, 2.24) is 0 Å². The van der Waals surface area contributed by atoms with Gasteiger partial charge in [0.15, 0.2) is 0 Å². The molecule has 35 heavy (non-hydrogen) atoms. The first-order valence-electron chi connectivity index (χ1n) is 10.9. The van der Waals surface area contributed by atoms with Gasteiger partial charge in [0.25, 0.3) is 5.91 Å². The maximum atomic E-state index is 14.3. The van der Waals surface area contributed by atoms with Gasteiger partial charge in [-0.15, -0.1) is 0 Å². The standard InChI is InChI=1S/C29H19ClFNO3/c30-22-11-9-20(10-12-22)26(19-6-2-1-3-7-19)27-24-14-13-23(31)16-25(24)32(28(27)33)17-18-5-4-8-21(15-18)29(34)35/h1-16H,17H2,(H,34,35). The molecule has 1 heterocycles. The second-order valence-electron chi connectivity index (χ2n) is 8.18. The van der Waals surface area contributed by atoms with E-state index in [1.54, 1.807) is 30.3 Å². The highest BCUT2D eigenvalue weighted by atomic mass is 35.5. The Bertz CT molecular complexity index is 1480. The molecule has 1 aliphatic rings. The Labute approximate surface area is 206 Å². The number of anilines is 1. The third-order valence-electron chi connectivity index (χ3n) is 5.94. The van der Waals surface area contributed by atoms with Crippen molar-refractivity contribution in [3.05, 3.63) is 136 Å². The van der Waals surface area contributed by atoms with Gasteiger partial charge >= 0.3 is 5.97 Å². The minimum atomic E-state index is -1.05. The molecule has 1 amide bonds. The van der Waals surface area contributed by atoms with Crippen molar-refractivity contribution in [3.63, 3.8) is 0 Å². The molecule has 0 saturated heterocycles. The van der Waals surface area contributed by atoms with Crippen LogP contribution in [0, 0.1) is 5.82 Å². The number of hydrogen-bond acceptors (Lipinski definition) is 2. The average molecular weight is 484 g/mol. The van der Waals surface area contributed by atoms with Gasteiger partial charge in [-0.1, -0.05) is 66.2 Å². The number of hydrogen-bond donors (Lipinski definition) is 1. The number of carbonyl (C=O) groups excluding carboxylic acids is 1. The van der Waals surface area contributed by atoms with Crippen molar-refractivity contribution in [2.75, 3.05) is 4.90 Å². The lowest BCUT2D eigenvalue weighted by Gasteiger charge is -2.18. The molecule has 0 radical (unpaired) electrons. The van der Waals surface area contributed by atoms with Crippen LogP contribution >= 0.6 is 11.6 Å². The van der Waals surface area contributed by atoms with E-state index >= 15 is 0 Å². The van der Waals surface area contributed by atoms with Crippen molar-refractivity contribution in [1.29, 1.82) is 0 Å². The molecule has 172 valence electrons. The monoisotopic (exact) mass is 483 g/mol. The van der Waals surface area contributed by atoms with Crippen molar-refractivity contribution >= 4 is 40.3 Å². The van der Waals surface area contributed by atoms with E-state index in [1.165, 1.54) is 29.2 Å². The third kappa shape index (κ3) is 4.34. The molecule has 0 fully saturated rings. The minimum Gasteiger partial charge on any atom is -0.478 e. The van der Waals surface area contributed by atoms with Crippen molar-refractivity contribution in [2.24, 2.45) is 0 Å². The van der Waals surface area contributed by atoms with Crippen LogP contribution in [0.4, 0.5) is 10.1 Å². The summed E-state index contributed by atoms with van der Waals surface area (Å²) < 4.78 is 14.3. The largest absolute Gasteiger partial charge is 0.478 e. The number of rotatable bonds is 5. The van der Waals surface area contributed by atoms with E-state index in [2.05, 4.69) is 0 Å². The third-order valence-corrected chi connectivity index (χ3v) is 6.19. The number of benzene rings is 4. The summed E-state index contributed by atoms with van der Waals surface area (Å²) in [7, 11) is 0. The summed E-state index contributed by atoms with van der Waals surface area (Å²) in [6.07, 6.45) is 0. The summed E-state index contributed by atoms with van der Waals surface area (Å²) in [6.45, 7) is 0.0998. The number of carbonyl (C=O) groups is 2. The van der Waals surface area contributed by atoms with Gasteiger partial charge < -0.3 is 10.0 Å². The molecular formula is C29H19ClFNO3. The van der Waals surface area contributed by atoms with Crippen molar-refractivity contribution in [2.45, 2.75) is 6.54 Å². The van der Waals surface area contributed by atoms with Gasteiger partial charge in [0, 0.05) is 16.2 Å². The van der Waals surface area contributed by atoms with Crippen molar-refractivity contribution < 1.29 is 19.1 Å². The first-order valence-corrected chi connectivity index (χ1v) is 11.3. The van der Waals surface area contributed by atoms with Gasteiger partial charge in [-0.3, -0.25) is 4.79 Å². The number of amides is 1. The molecule has 0 spiro atoms. The molecule has 0 unspecified atom stereocenters. The zero-order chi connectivity index (χ0) is 24.5. The summed E-state index contributed by atoms with van der Waals surface area (Å²) in [5.41, 5.74) is 4.59. The van der Waals surface area contributed by atoms with Crippen LogP contribution in [0.15, 0.2) is 97.1 Å². The number of carboxylic acid groups (broad SMARTS) is 1. The molecule has 0 aliphatic carbocycles. The van der Waals surface area contributed by atoms with Gasteiger partial charge in [-0.25, -0.2) is 9.18 Å². The molecule has 0 atom stereocenters. The average Bonchev–Trinajstić information content (AvgIpc) is 3.12. The molecule has 6 heteroatoms. The quantitative estimate of drug-likeness (QED) is 0.322. The van der Waals surface area contributed by atoms with Gasteiger partial charge in [0.2, 0.25) is 0 Å². The summed E-state index contributed by atoms with van der Waals surface area (Å²) in [6, 6.07) is 27.5. The molecule has 4 aromatic rings. The van der Waals surface area contributed by atoms with Crippen molar-refractivity contribution in [3.8, 4) is 0 Å². The molecule has 5 rings (SSSR count). The van der Waals surface area contributed by atoms with E-state index < -0.39 is 11.8 Å². The fourth-order valence-corrected chi connectivity index (χ4v) is 4.49. The van der Waals surface area contributed by atoms with Crippen LogP contribution < -0.4 is 4.90 Å². The number of carboxylic acids is 1. The zero-order valence-electron chi connectivity index (χ0n) is 18.4. The summed E-state index contributed by atoms with van der Waals surface area (Å²) in [4.78, 5) is 26.9. The lowest BCUT2D eigenvalue weighted by molar-refractivity contribution is -0.113.